The van der Waals surface area contributed by atoms with Gasteiger partial charge in [-0.2, -0.15) is 0 Å². The van der Waals surface area contributed by atoms with Crippen LogP contribution in [0, 0.1) is 0 Å². The predicted octanol–water partition coefficient (Wildman–Crippen LogP) is 0.867. The third-order valence-electron chi connectivity index (χ3n) is 5.23. The largest absolute Gasteiger partial charge is 0.373 e. The van der Waals surface area contributed by atoms with Crippen molar-refractivity contribution >= 4 is 5.91 Å². The maximum atomic E-state index is 12.8. The van der Waals surface area contributed by atoms with Crippen LogP contribution in [-0.4, -0.2) is 67.8 Å². The Bertz CT molecular complexity index is 797. The number of aromatic nitrogens is 4. The summed E-state index contributed by atoms with van der Waals surface area (Å²) in [4.78, 5) is 17.0. The zero-order valence-electron chi connectivity index (χ0n) is 15.9. The number of nitrogens with zero attached hydrogens (tertiary/aromatic N) is 6. The first kappa shape index (κ1) is 18.1. The molecule has 0 aliphatic carbocycles. The average molecular weight is 370 g/mol. The summed E-state index contributed by atoms with van der Waals surface area (Å²) in [6.07, 6.45) is 1.27. The normalized spacial score (nSPS) is 23.3. The van der Waals surface area contributed by atoms with Crippen molar-refractivity contribution in [3.63, 3.8) is 0 Å². The second-order valence-corrected chi connectivity index (χ2v) is 7.54. The van der Waals surface area contributed by atoms with Crippen molar-refractivity contribution in [1.29, 1.82) is 0 Å². The molecule has 1 aromatic carbocycles. The van der Waals surface area contributed by atoms with E-state index in [9.17, 15) is 4.79 Å². The molecule has 8 heteroatoms. The van der Waals surface area contributed by atoms with Gasteiger partial charge in [-0.05, 0) is 41.8 Å². The first-order valence-corrected chi connectivity index (χ1v) is 9.56. The summed E-state index contributed by atoms with van der Waals surface area (Å²) in [7, 11) is 0. The van der Waals surface area contributed by atoms with Crippen LogP contribution in [0.4, 0.5) is 0 Å². The van der Waals surface area contributed by atoms with Gasteiger partial charge in [0.1, 0.15) is 6.54 Å². The smallest absolute Gasteiger partial charge is 0.244 e. The van der Waals surface area contributed by atoms with E-state index < -0.39 is 0 Å². The van der Waals surface area contributed by atoms with Crippen molar-refractivity contribution in [2.24, 2.45) is 0 Å². The van der Waals surface area contributed by atoms with Crippen LogP contribution in [-0.2, 0) is 35.6 Å². The van der Waals surface area contributed by atoms with Crippen LogP contribution in [0.25, 0.3) is 0 Å². The molecule has 0 unspecified atom stereocenters. The molecule has 0 radical (unpaired) electrons. The maximum Gasteiger partial charge on any atom is 0.244 e. The van der Waals surface area contributed by atoms with Gasteiger partial charge in [0.25, 0.3) is 0 Å². The molecule has 1 fully saturated rings. The summed E-state index contributed by atoms with van der Waals surface area (Å²) >= 11 is 0. The lowest BCUT2D eigenvalue weighted by molar-refractivity contribution is -0.133. The number of carbonyl (C=O) groups excluding carboxylic acids is 1. The summed E-state index contributed by atoms with van der Waals surface area (Å²) in [5.41, 5.74) is 2.56. The predicted molar refractivity (Wildman–Crippen MR) is 98.7 cm³/mol. The highest BCUT2D eigenvalue weighted by molar-refractivity contribution is 5.76. The third-order valence-corrected chi connectivity index (χ3v) is 5.23. The minimum absolute atomic E-state index is 0.0572. The Balaban J connectivity index is 1.39. The molecular weight excluding hydrogens is 344 g/mol. The number of fused-ring (bicyclic) bond motifs is 1. The molecule has 3 heterocycles. The fraction of sp³-hybridized carbons (Fsp3) is 0.579. The molecule has 2 atom stereocenters. The van der Waals surface area contributed by atoms with E-state index in [2.05, 4.69) is 52.5 Å². The van der Waals surface area contributed by atoms with Gasteiger partial charge in [0.05, 0.1) is 18.8 Å². The second-order valence-electron chi connectivity index (χ2n) is 7.54. The number of morpholine rings is 1. The van der Waals surface area contributed by atoms with Crippen LogP contribution in [0.1, 0.15) is 30.8 Å². The average Bonchev–Trinajstić information content (AvgIpc) is 3.07. The summed E-state index contributed by atoms with van der Waals surface area (Å²) in [5, 5.41) is 12.0. The van der Waals surface area contributed by atoms with Crippen LogP contribution < -0.4 is 0 Å². The lowest BCUT2D eigenvalue weighted by Crippen LogP contribution is -2.45. The number of tetrazole rings is 1. The van der Waals surface area contributed by atoms with Crippen molar-refractivity contribution in [2.75, 3.05) is 19.6 Å². The number of carbonyl (C=O) groups is 1. The standard InChI is InChI=1S/C19H26N6O2/c1-14-9-23(10-15(2)27-14)12-18-20-21-22-25(18)13-19(26)24-8-7-16-5-3-4-6-17(16)11-24/h3-6,14-15H,7-13H2,1-2H3/t14-,15+. The number of rotatable bonds is 4. The SMILES string of the molecule is C[C@@H]1CN(Cc2nnnn2CC(=O)N2CCc3ccccc3C2)C[C@H](C)O1. The van der Waals surface area contributed by atoms with E-state index in [-0.39, 0.29) is 24.7 Å². The van der Waals surface area contributed by atoms with Crippen LogP contribution in [0.5, 0.6) is 0 Å². The highest BCUT2D eigenvalue weighted by Gasteiger charge is 2.25. The van der Waals surface area contributed by atoms with Gasteiger partial charge in [-0.15, -0.1) is 5.10 Å². The van der Waals surface area contributed by atoms with Crippen molar-refractivity contribution < 1.29 is 9.53 Å². The van der Waals surface area contributed by atoms with E-state index in [1.54, 1.807) is 4.68 Å². The first-order chi connectivity index (χ1) is 13.1. The van der Waals surface area contributed by atoms with Crippen LogP contribution in [0.15, 0.2) is 24.3 Å². The molecule has 144 valence electrons. The molecule has 2 aliphatic heterocycles. The molecule has 0 saturated carbocycles. The summed E-state index contributed by atoms with van der Waals surface area (Å²) in [6.45, 7) is 8.03. The minimum atomic E-state index is 0.0572. The van der Waals surface area contributed by atoms with Gasteiger partial charge in [0.15, 0.2) is 5.82 Å². The van der Waals surface area contributed by atoms with E-state index in [4.69, 9.17) is 4.74 Å². The van der Waals surface area contributed by atoms with Gasteiger partial charge in [-0.3, -0.25) is 9.69 Å². The van der Waals surface area contributed by atoms with Crippen molar-refractivity contribution in [2.45, 2.75) is 52.1 Å². The third kappa shape index (κ3) is 4.17. The van der Waals surface area contributed by atoms with Crippen molar-refractivity contribution in [1.82, 2.24) is 30.0 Å². The van der Waals surface area contributed by atoms with E-state index in [0.717, 1.165) is 31.9 Å². The fourth-order valence-corrected chi connectivity index (χ4v) is 4.01. The highest BCUT2D eigenvalue weighted by atomic mass is 16.5. The van der Waals surface area contributed by atoms with E-state index >= 15 is 0 Å². The van der Waals surface area contributed by atoms with Gasteiger partial charge < -0.3 is 9.64 Å². The number of ether oxygens (including phenoxy) is 1. The lowest BCUT2D eigenvalue weighted by atomic mass is 10.00. The van der Waals surface area contributed by atoms with Gasteiger partial charge in [0, 0.05) is 26.2 Å². The fourth-order valence-electron chi connectivity index (χ4n) is 4.01. The first-order valence-electron chi connectivity index (χ1n) is 9.56. The Morgan fingerprint density at radius 3 is 2.70 bits per heavy atom. The van der Waals surface area contributed by atoms with Gasteiger partial charge in [-0.25, -0.2) is 4.68 Å². The lowest BCUT2D eigenvalue weighted by Gasteiger charge is -2.34. The summed E-state index contributed by atoms with van der Waals surface area (Å²) in [6, 6.07) is 8.31. The molecule has 2 aromatic rings. The molecule has 4 rings (SSSR count). The van der Waals surface area contributed by atoms with Crippen LogP contribution in [0.3, 0.4) is 0 Å². The zero-order chi connectivity index (χ0) is 18.8. The highest BCUT2D eigenvalue weighted by Crippen LogP contribution is 2.19. The minimum Gasteiger partial charge on any atom is -0.373 e. The number of benzene rings is 1. The van der Waals surface area contributed by atoms with Crippen molar-refractivity contribution in [3.8, 4) is 0 Å². The van der Waals surface area contributed by atoms with E-state index in [1.807, 2.05) is 11.0 Å². The zero-order valence-corrected chi connectivity index (χ0v) is 15.9. The summed E-state index contributed by atoms with van der Waals surface area (Å²) < 4.78 is 7.41. The molecule has 0 spiro atoms. The molecule has 0 bridgehead atoms. The van der Waals surface area contributed by atoms with Crippen LogP contribution >= 0.6 is 0 Å². The number of amides is 1. The molecular formula is C19H26N6O2. The molecule has 0 N–H and O–H groups in total. The topological polar surface area (TPSA) is 76.4 Å². The Morgan fingerprint density at radius 1 is 1.19 bits per heavy atom. The molecule has 2 aliphatic rings. The van der Waals surface area contributed by atoms with E-state index in [1.165, 1.54) is 11.1 Å². The quantitative estimate of drug-likeness (QED) is 0.795. The van der Waals surface area contributed by atoms with Crippen molar-refractivity contribution in [3.05, 3.63) is 41.2 Å². The molecule has 1 saturated heterocycles. The molecule has 1 amide bonds. The molecule has 1 aromatic heterocycles. The monoisotopic (exact) mass is 370 g/mol. The number of hydrogen-bond acceptors (Lipinski definition) is 6. The number of hydrogen-bond donors (Lipinski definition) is 0. The second kappa shape index (κ2) is 7.74. The van der Waals surface area contributed by atoms with Gasteiger partial charge >= 0.3 is 0 Å². The Kier molecular flexibility index (Phi) is 5.18. The van der Waals surface area contributed by atoms with Gasteiger partial charge in [0.2, 0.25) is 5.91 Å². The Morgan fingerprint density at radius 2 is 1.93 bits per heavy atom. The summed E-state index contributed by atoms with van der Waals surface area (Å²) in [5.74, 6) is 0.781. The van der Waals surface area contributed by atoms with Gasteiger partial charge in [-0.1, -0.05) is 24.3 Å². The van der Waals surface area contributed by atoms with Crippen LogP contribution in [0.2, 0.25) is 0 Å². The Labute approximate surface area is 159 Å². The molecule has 27 heavy (non-hydrogen) atoms. The van der Waals surface area contributed by atoms with E-state index in [0.29, 0.717) is 13.1 Å². The Hall–Kier alpha value is -2.32. The maximum absolute atomic E-state index is 12.8. The molecule has 8 nitrogen and oxygen atoms in total.